The topological polar surface area (TPSA) is 65.9 Å². The molecule has 0 fully saturated rings. The first-order chi connectivity index (χ1) is 9.11. The summed E-state index contributed by atoms with van der Waals surface area (Å²) in [6.07, 6.45) is 1.60. The molecule has 0 saturated heterocycles. The number of rotatable bonds is 3. The van der Waals surface area contributed by atoms with Crippen molar-refractivity contribution in [3.8, 4) is 6.07 Å². The molecule has 1 heterocycles. The Labute approximate surface area is 120 Å². The molecule has 2 N–H and O–H groups in total. The molecule has 19 heavy (non-hydrogen) atoms. The first-order valence-electron chi connectivity index (χ1n) is 5.72. The van der Waals surface area contributed by atoms with E-state index < -0.39 is 0 Å². The fourth-order valence-electron chi connectivity index (χ4n) is 1.85. The molecule has 5 heteroatoms. The highest BCUT2D eigenvalue weighted by molar-refractivity contribution is 9.10. The molecule has 0 unspecified atom stereocenters. The summed E-state index contributed by atoms with van der Waals surface area (Å²) in [5.41, 5.74) is 7.95. The second kappa shape index (κ2) is 5.72. The molecule has 0 aliphatic carbocycles. The Balaban J connectivity index is 2.26. The molecular formula is C14H13BrN4. The molecule has 4 nitrogen and oxygen atoms in total. The van der Waals surface area contributed by atoms with Gasteiger partial charge in [0.1, 0.15) is 6.07 Å². The van der Waals surface area contributed by atoms with Crippen LogP contribution >= 0.6 is 15.9 Å². The number of anilines is 2. The van der Waals surface area contributed by atoms with Crippen molar-refractivity contribution in [2.24, 2.45) is 0 Å². The van der Waals surface area contributed by atoms with Gasteiger partial charge in [0.2, 0.25) is 0 Å². The highest BCUT2D eigenvalue weighted by Crippen LogP contribution is 2.24. The van der Waals surface area contributed by atoms with Gasteiger partial charge < -0.3 is 10.6 Å². The molecular weight excluding hydrogens is 304 g/mol. The minimum absolute atomic E-state index is 0.419. The molecule has 2 rings (SSSR count). The van der Waals surface area contributed by atoms with Gasteiger partial charge in [-0.1, -0.05) is 28.1 Å². The van der Waals surface area contributed by atoms with Gasteiger partial charge in [-0.25, -0.2) is 4.98 Å². The van der Waals surface area contributed by atoms with E-state index in [4.69, 9.17) is 11.0 Å². The fourth-order valence-corrected chi connectivity index (χ4v) is 2.29. The zero-order valence-electron chi connectivity index (χ0n) is 10.5. The van der Waals surface area contributed by atoms with Gasteiger partial charge in [-0.15, -0.1) is 0 Å². The number of hydrogen-bond donors (Lipinski definition) is 1. The van der Waals surface area contributed by atoms with E-state index in [-0.39, 0.29) is 0 Å². The largest absolute Gasteiger partial charge is 0.395 e. The number of pyridine rings is 1. The predicted octanol–water partition coefficient (Wildman–Crippen LogP) is 2.93. The van der Waals surface area contributed by atoms with E-state index in [2.05, 4.69) is 27.0 Å². The van der Waals surface area contributed by atoms with Crippen LogP contribution in [0.25, 0.3) is 0 Å². The van der Waals surface area contributed by atoms with Crippen molar-refractivity contribution < 1.29 is 0 Å². The van der Waals surface area contributed by atoms with E-state index >= 15 is 0 Å². The minimum atomic E-state index is 0.419. The summed E-state index contributed by atoms with van der Waals surface area (Å²) < 4.78 is 1.03. The highest BCUT2D eigenvalue weighted by Gasteiger charge is 2.11. The summed E-state index contributed by atoms with van der Waals surface area (Å²) in [6, 6.07) is 11.7. The normalized spacial score (nSPS) is 9.95. The number of nitrogens with two attached hydrogens (primary N) is 1. The molecule has 0 radical (unpaired) electrons. The maximum atomic E-state index is 8.97. The Hall–Kier alpha value is -2.06. The summed E-state index contributed by atoms with van der Waals surface area (Å²) in [5.74, 6) is 0.624. The first-order valence-corrected chi connectivity index (χ1v) is 6.51. The average molecular weight is 317 g/mol. The quantitative estimate of drug-likeness (QED) is 0.945. The third-order valence-corrected chi connectivity index (χ3v) is 3.25. The first kappa shape index (κ1) is 13.4. The summed E-state index contributed by atoms with van der Waals surface area (Å²) in [6.45, 7) is 0.672. The zero-order valence-corrected chi connectivity index (χ0v) is 12.1. The smallest absolute Gasteiger partial charge is 0.153 e. The monoisotopic (exact) mass is 316 g/mol. The molecule has 1 aromatic carbocycles. The van der Waals surface area contributed by atoms with Gasteiger partial charge in [-0.05, 0) is 23.8 Å². The maximum absolute atomic E-state index is 8.97. The van der Waals surface area contributed by atoms with E-state index in [0.29, 0.717) is 23.6 Å². The van der Waals surface area contributed by atoms with Crippen LogP contribution in [0.15, 0.2) is 41.0 Å². The Bertz CT molecular complexity index is 634. The van der Waals surface area contributed by atoms with Crippen molar-refractivity contribution in [2.45, 2.75) is 6.54 Å². The van der Waals surface area contributed by atoms with Crippen LogP contribution < -0.4 is 10.6 Å². The molecule has 0 aliphatic heterocycles. The van der Waals surface area contributed by atoms with E-state index in [9.17, 15) is 0 Å². The number of hydrogen-bond acceptors (Lipinski definition) is 4. The molecule has 2 aromatic rings. The van der Waals surface area contributed by atoms with Crippen LogP contribution in [0.5, 0.6) is 0 Å². The number of nitriles is 1. The van der Waals surface area contributed by atoms with Crippen LogP contribution in [0.2, 0.25) is 0 Å². The SMILES string of the molecule is CN(Cc1cccc(Br)c1)c1nccc(C#N)c1N. The average Bonchev–Trinajstić information content (AvgIpc) is 2.39. The van der Waals surface area contributed by atoms with Gasteiger partial charge >= 0.3 is 0 Å². The van der Waals surface area contributed by atoms with Crippen molar-refractivity contribution in [1.29, 1.82) is 5.26 Å². The van der Waals surface area contributed by atoms with Crippen molar-refractivity contribution in [2.75, 3.05) is 17.7 Å². The van der Waals surface area contributed by atoms with Crippen LogP contribution in [0.3, 0.4) is 0 Å². The zero-order chi connectivity index (χ0) is 13.8. The van der Waals surface area contributed by atoms with Crippen LogP contribution in [-0.2, 0) is 6.54 Å². The number of aromatic nitrogens is 1. The summed E-state index contributed by atoms with van der Waals surface area (Å²) in [7, 11) is 1.90. The van der Waals surface area contributed by atoms with Gasteiger partial charge in [-0.2, -0.15) is 5.26 Å². The molecule has 0 spiro atoms. The van der Waals surface area contributed by atoms with Crippen molar-refractivity contribution in [3.05, 3.63) is 52.1 Å². The lowest BCUT2D eigenvalue weighted by atomic mass is 10.2. The molecule has 0 amide bonds. The number of benzene rings is 1. The van der Waals surface area contributed by atoms with Crippen LogP contribution in [0.4, 0.5) is 11.5 Å². The molecule has 1 aromatic heterocycles. The Morgan fingerprint density at radius 1 is 1.42 bits per heavy atom. The molecule has 0 aliphatic rings. The standard InChI is InChI=1S/C14H13BrN4/c1-19(9-10-3-2-4-12(15)7-10)14-13(17)11(8-16)5-6-18-14/h2-7H,9,17H2,1H3. The lowest BCUT2D eigenvalue weighted by molar-refractivity contribution is 0.899. The van der Waals surface area contributed by atoms with Crippen molar-refractivity contribution >= 4 is 27.4 Å². The van der Waals surface area contributed by atoms with Gasteiger partial charge in [0, 0.05) is 24.3 Å². The lowest BCUT2D eigenvalue weighted by Gasteiger charge is -2.20. The molecule has 0 bridgehead atoms. The Morgan fingerprint density at radius 3 is 2.89 bits per heavy atom. The maximum Gasteiger partial charge on any atom is 0.153 e. The van der Waals surface area contributed by atoms with E-state index in [1.807, 2.05) is 36.2 Å². The predicted molar refractivity (Wildman–Crippen MR) is 79.6 cm³/mol. The summed E-state index contributed by atoms with van der Waals surface area (Å²) in [5, 5.41) is 8.97. The van der Waals surface area contributed by atoms with Crippen LogP contribution in [-0.4, -0.2) is 12.0 Å². The van der Waals surface area contributed by atoms with Gasteiger partial charge in [-0.3, -0.25) is 0 Å². The molecule has 96 valence electrons. The molecule has 0 saturated carbocycles. The van der Waals surface area contributed by atoms with Gasteiger partial charge in [0.15, 0.2) is 5.82 Å². The van der Waals surface area contributed by atoms with E-state index in [1.54, 1.807) is 12.3 Å². The van der Waals surface area contributed by atoms with Gasteiger partial charge in [0.05, 0.1) is 11.3 Å². The number of nitrogens with zero attached hydrogens (tertiary/aromatic N) is 3. The summed E-state index contributed by atoms with van der Waals surface area (Å²) >= 11 is 3.44. The number of nitrogen functional groups attached to an aromatic ring is 1. The van der Waals surface area contributed by atoms with Crippen molar-refractivity contribution in [1.82, 2.24) is 4.98 Å². The third-order valence-electron chi connectivity index (χ3n) is 2.76. The number of halogens is 1. The minimum Gasteiger partial charge on any atom is -0.395 e. The van der Waals surface area contributed by atoms with E-state index in [0.717, 1.165) is 10.0 Å². The van der Waals surface area contributed by atoms with E-state index in [1.165, 1.54) is 0 Å². The second-order valence-corrected chi connectivity index (χ2v) is 5.11. The van der Waals surface area contributed by atoms with Crippen LogP contribution in [0.1, 0.15) is 11.1 Å². The lowest BCUT2D eigenvalue weighted by Crippen LogP contribution is -2.19. The highest BCUT2D eigenvalue weighted by atomic mass is 79.9. The fraction of sp³-hybridized carbons (Fsp3) is 0.143. The Kier molecular flexibility index (Phi) is 4.03. The van der Waals surface area contributed by atoms with Gasteiger partial charge in [0.25, 0.3) is 0 Å². The summed E-state index contributed by atoms with van der Waals surface area (Å²) in [4.78, 5) is 6.17. The van der Waals surface area contributed by atoms with Crippen molar-refractivity contribution in [3.63, 3.8) is 0 Å². The van der Waals surface area contributed by atoms with Crippen LogP contribution in [0, 0.1) is 11.3 Å². The third kappa shape index (κ3) is 3.04. The Morgan fingerprint density at radius 2 is 2.21 bits per heavy atom. The second-order valence-electron chi connectivity index (χ2n) is 4.19. The molecule has 0 atom stereocenters.